The van der Waals surface area contributed by atoms with Crippen LogP contribution in [-0.2, 0) is 0 Å². The minimum Gasteiger partial charge on any atom is -0.456 e. The van der Waals surface area contributed by atoms with E-state index in [1.807, 2.05) is 0 Å². The monoisotopic (exact) mass is 751 g/mol. The van der Waals surface area contributed by atoms with Gasteiger partial charge in [0.2, 0.25) is 5.95 Å². The Morgan fingerprint density at radius 1 is 0.356 bits per heavy atom. The maximum atomic E-state index is 6.51. The van der Waals surface area contributed by atoms with E-state index >= 15 is 0 Å². The molecule has 4 heterocycles. The van der Waals surface area contributed by atoms with Crippen molar-refractivity contribution in [3.05, 3.63) is 176 Å². The predicted octanol–water partition coefficient (Wildman–Crippen LogP) is 13.6. The summed E-state index contributed by atoms with van der Waals surface area (Å²) in [7, 11) is 0. The first-order valence-electron chi connectivity index (χ1n) is 19.9. The van der Waals surface area contributed by atoms with Gasteiger partial charge in [0.05, 0.1) is 22.1 Å². The molecule has 0 N–H and O–H groups in total. The first-order valence-corrected chi connectivity index (χ1v) is 19.9. The Balaban J connectivity index is 1.09. The zero-order valence-electron chi connectivity index (χ0n) is 31.4. The topological polar surface area (TPSA) is 61.7 Å². The van der Waals surface area contributed by atoms with Crippen LogP contribution in [0.1, 0.15) is 0 Å². The molecule has 0 spiro atoms. The Morgan fingerprint density at radius 2 is 1.02 bits per heavy atom. The Hall–Kier alpha value is -8.09. The van der Waals surface area contributed by atoms with Crippen LogP contribution in [0.25, 0.3) is 133 Å². The largest absolute Gasteiger partial charge is 0.456 e. The van der Waals surface area contributed by atoms with Gasteiger partial charge in [-0.1, -0.05) is 121 Å². The summed E-state index contributed by atoms with van der Waals surface area (Å²) in [5.41, 5.74) is 11.4. The molecule has 4 aromatic heterocycles. The minimum absolute atomic E-state index is 0.566. The van der Waals surface area contributed by atoms with Crippen LogP contribution >= 0.6 is 0 Å². The van der Waals surface area contributed by atoms with Crippen LogP contribution in [-0.4, -0.2) is 24.1 Å². The molecule has 0 fully saturated rings. The average Bonchev–Trinajstić information content (AvgIpc) is 3.93. The molecule has 1 aliphatic carbocycles. The molecule has 0 bridgehead atoms. The van der Waals surface area contributed by atoms with E-state index in [0.717, 1.165) is 60.8 Å². The van der Waals surface area contributed by atoms with E-state index in [1.54, 1.807) is 0 Å². The molecule has 0 aliphatic heterocycles. The summed E-state index contributed by atoms with van der Waals surface area (Å²) in [5.74, 6) is 1.78. The summed E-state index contributed by atoms with van der Waals surface area (Å²) < 4.78 is 11.1. The van der Waals surface area contributed by atoms with Gasteiger partial charge < -0.3 is 8.98 Å². The number of aromatic nitrogens is 5. The number of hydrogen-bond acceptors (Lipinski definition) is 4. The molecule has 0 saturated heterocycles. The van der Waals surface area contributed by atoms with Crippen molar-refractivity contribution in [1.29, 1.82) is 0 Å². The fourth-order valence-corrected chi connectivity index (χ4v) is 9.95. The van der Waals surface area contributed by atoms with E-state index in [9.17, 15) is 0 Å². The van der Waals surface area contributed by atoms with E-state index in [-0.39, 0.29) is 0 Å². The summed E-state index contributed by atoms with van der Waals surface area (Å²) in [5, 5.41) is 11.7. The van der Waals surface area contributed by atoms with E-state index < -0.39 is 0 Å². The quantitative estimate of drug-likeness (QED) is 0.180. The molecule has 0 atom stereocenters. The SMILES string of the molecule is c1ccc(-n2c3ccccc3c3ccc(-c4nc(-c5ccc6ccccc6c5)nc(-n5c6cccc7c6c6c8c(ccc9oc%10cccc-7c%10c98)ccc65)n4)cc32)cc1. The summed E-state index contributed by atoms with van der Waals surface area (Å²) in [6.07, 6.45) is 0. The molecule has 0 radical (unpaired) electrons. The minimum atomic E-state index is 0.566. The standard InChI is InChI=1S/C53H29N5O/c1-2-12-35(13-3-1)57-40-17-7-6-14-36(40)37-25-22-34(29-43(37)57)52-54-51(33-21-20-30-10-4-5-11-32(30)28-33)55-53(56-52)58-41-18-8-15-38-39-16-9-19-44-48(39)50-45(59-44)27-24-31-23-26-42(58)49(46(31)50)47(38)41/h1-29H. The number of fused-ring (bicyclic) bond motifs is 5. The van der Waals surface area contributed by atoms with Crippen molar-refractivity contribution in [3.8, 4) is 45.5 Å². The lowest BCUT2D eigenvalue weighted by molar-refractivity contribution is 0.669. The van der Waals surface area contributed by atoms with Gasteiger partial charge in [0.15, 0.2) is 11.6 Å². The third-order valence-electron chi connectivity index (χ3n) is 12.5. The van der Waals surface area contributed by atoms with Crippen molar-refractivity contribution in [2.75, 3.05) is 0 Å². The molecule has 6 heteroatoms. The molecule has 59 heavy (non-hydrogen) atoms. The van der Waals surface area contributed by atoms with Crippen LogP contribution < -0.4 is 0 Å². The van der Waals surface area contributed by atoms with Gasteiger partial charge in [0.25, 0.3) is 0 Å². The first-order chi connectivity index (χ1) is 29.2. The van der Waals surface area contributed by atoms with Crippen molar-refractivity contribution in [2.45, 2.75) is 0 Å². The van der Waals surface area contributed by atoms with Crippen molar-refractivity contribution < 1.29 is 4.42 Å². The van der Waals surface area contributed by atoms with Crippen LogP contribution in [0, 0.1) is 0 Å². The number of nitrogens with zero attached hydrogens (tertiary/aromatic N) is 5. The summed E-state index contributed by atoms with van der Waals surface area (Å²) in [6, 6.07) is 62.4. The molecule has 0 amide bonds. The van der Waals surface area contributed by atoms with Crippen molar-refractivity contribution in [2.24, 2.45) is 0 Å². The fraction of sp³-hybridized carbons (Fsp3) is 0. The third-order valence-corrected chi connectivity index (χ3v) is 12.5. The molecule has 13 aromatic rings. The number of rotatable bonds is 4. The number of benzene rings is 9. The lowest BCUT2D eigenvalue weighted by Gasteiger charge is -2.13. The Morgan fingerprint density at radius 3 is 1.92 bits per heavy atom. The second-order valence-electron chi connectivity index (χ2n) is 15.6. The highest BCUT2D eigenvalue weighted by atomic mass is 16.3. The first kappa shape index (κ1) is 31.0. The smallest absolute Gasteiger partial charge is 0.238 e. The Bertz CT molecular complexity index is 3970. The lowest BCUT2D eigenvalue weighted by atomic mass is 9.98. The van der Waals surface area contributed by atoms with Crippen molar-refractivity contribution >= 4 is 87.1 Å². The molecule has 0 unspecified atom stereocenters. The molecule has 14 rings (SSSR count). The van der Waals surface area contributed by atoms with Crippen LogP contribution in [0.15, 0.2) is 180 Å². The van der Waals surface area contributed by atoms with Crippen molar-refractivity contribution in [3.63, 3.8) is 0 Å². The Kier molecular flexibility index (Phi) is 5.93. The summed E-state index contributed by atoms with van der Waals surface area (Å²) in [4.78, 5) is 16.1. The van der Waals surface area contributed by atoms with Crippen LogP contribution in [0.4, 0.5) is 0 Å². The van der Waals surface area contributed by atoms with Gasteiger partial charge in [-0.2, -0.15) is 9.97 Å². The summed E-state index contributed by atoms with van der Waals surface area (Å²) >= 11 is 0. The normalized spacial score (nSPS) is 12.4. The Labute approximate surface area is 335 Å². The molecule has 272 valence electrons. The van der Waals surface area contributed by atoms with Gasteiger partial charge in [-0.15, -0.1) is 0 Å². The van der Waals surface area contributed by atoms with Gasteiger partial charge in [0.1, 0.15) is 11.2 Å². The van der Waals surface area contributed by atoms with Crippen LogP contribution in [0.2, 0.25) is 0 Å². The number of hydrogen-bond donors (Lipinski definition) is 0. The zero-order chi connectivity index (χ0) is 38.3. The highest BCUT2D eigenvalue weighted by Gasteiger charge is 2.27. The van der Waals surface area contributed by atoms with Gasteiger partial charge in [-0.3, -0.25) is 4.57 Å². The van der Waals surface area contributed by atoms with Gasteiger partial charge in [0, 0.05) is 54.5 Å². The average molecular weight is 752 g/mol. The second-order valence-corrected chi connectivity index (χ2v) is 15.6. The summed E-state index contributed by atoms with van der Waals surface area (Å²) in [6.45, 7) is 0. The van der Waals surface area contributed by atoms with Crippen molar-refractivity contribution in [1.82, 2.24) is 24.1 Å². The predicted molar refractivity (Wildman–Crippen MR) is 241 cm³/mol. The maximum Gasteiger partial charge on any atom is 0.238 e. The number of para-hydroxylation sites is 2. The second kappa shape index (κ2) is 11.3. The zero-order valence-corrected chi connectivity index (χ0v) is 31.4. The van der Waals surface area contributed by atoms with Crippen LogP contribution in [0.5, 0.6) is 0 Å². The third kappa shape index (κ3) is 4.16. The highest BCUT2D eigenvalue weighted by molar-refractivity contribution is 6.37. The van der Waals surface area contributed by atoms with E-state index in [2.05, 4.69) is 185 Å². The molecule has 9 aromatic carbocycles. The molecule has 0 saturated carbocycles. The van der Waals surface area contributed by atoms with Gasteiger partial charge in [-0.05, 0) is 81.9 Å². The fourth-order valence-electron chi connectivity index (χ4n) is 9.95. The van der Waals surface area contributed by atoms with E-state index in [4.69, 9.17) is 19.4 Å². The van der Waals surface area contributed by atoms with Gasteiger partial charge >= 0.3 is 0 Å². The van der Waals surface area contributed by atoms with E-state index in [0.29, 0.717) is 17.6 Å². The van der Waals surface area contributed by atoms with E-state index in [1.165, 1.54) is 54.2 Å². The number of furan rings is 1. The van der Waals surface area contributed by atoms with Crippen LogP contribution in [0.3, 0.4) is 0 Å². The molecular weight excluding hydrogens is 723 g/mol. The molecule has 6 nitrogen and oxygen atoms in total. The lowest BCUT2D eigenvalue weighted by Crippen LogP contribution is -2.06. The highest BCUT2D eigenvalue weighted by Crippen LogP contribution is 2.50. The molecule has 1 aliphatic rings. The molecular formula is C53H29N5O. The maximum absolute atomic E-state index is 6.51. The van der Waals surface area contributed by atoms with Gasteiger partial charge in [-0.25, -0.2) is 4.98 Å².